The lowest BCUT2D eigenvalue weighted by Gasteiger charge is -2.57. The molecule has 24 nitrogen and oxygen atoms in total. The van der Waals surface area contributed by atoms with E-state index in [9.17, 15) is 113 Å². The van der Waals surface area contributed by atoms with E-state index < -0.39 is 82.4 Å². The van der Waals surface area contributed by atoms with Gasteiger partial charge in [0.1, 0.15) is 6.61 Å². The second-order valence-corrected chi connectivity index (χ2v) is 45.1. The highest BCUT2D eigenvalue weighted by atomic mass is 19.4. The maximum Gasteiger partial charge on any atom is 0.416 e. The maximum absolute atomic E-state index is 13.7. The predicted octanol–water partition coefficient (Wildman–Crippen LogP) is 19.5. The molecule has 0 saturated carbocycles. The first-order chi connectivity index (χ1) is 70.1. The van der Waals surface area contributed by atoms with Gasteiger partial charge in [0.2, 0.25) is 0 Å². The number of ether oxygens (including phenoxy) is 1. The minimum Gasteiger partial charge on any atom is -0.447 e. The summed E-state index contributed by atoms with van der Waals surface area (Å²) in [4.78, 5) is 117. The van der Waals surface area contributed by atoms with Crippen molar-refractivity contribution in [1.29, 1.82) is 0 Å². The molecule has 10 bridgehead atoms. The topological polar surface area (TPSA) is 181 Å². The third-order valence-corrected chi connectivity index (χ3v) is 34.0. The molecule has 13 fully saturated rings. The highest BCUT2D eigenvalue weighted by Gasteiger charge is 2.54. The number of halogens is 18. The van der Waals surface area contributed by atoms with Gasteiger partial charge in [0, 0.05) is 245 Å². The van der Waals surface area contributed by atoms with E-state index >= 15 is 0 Å². The Morgan fingerprint density at radius 3 is 0.927 bits per heavy atom. The van der Waals surface area contributed by atoms with Crippen LogP contribution >= 0.6 is 0 Å². The van der Waals surface area contributed by atoms with Gasteiger partial charge in [-0.25, -0.2) is 4.79 Å². The fourth-order valence-electron chi connectivity index (χ4n) is 25.7. The van der Waals surface area contributed by atoms with Crippen LogP contribution in [0.25, 0.3) is 0 Å². The summed E-state index contributed by atoms with van der Waals surface area (Å²) < 4.78 is 250. The van der Waals surface area contributed by atoms with Gasteiger partial charge in [-0.2, -0.15) is 79.0 Å². The van der Waals surface area contributed by atoms with E-state index in [0.717, 1.165) is 121 Å². The number of nitrogens with zero attached hydrogens (tertiary/aromatic N) is 16. The summed E-state index contributed by atoms with van der Waals surface area (Å²) in [6, 6.07) is 18.7. The highest BCUT2D eigenvalue weighted by Crippen LogP contribution is 2.53. The van der Waals surface area contributed by atoms with Gasteiger partial charge in [0.05, 0.1) is 39.9 Å². The van der Waals surface area contributed by atoms with Gasteiger partial charge in [0.25, 0.3) is 35.4 Å². The highest BCUT2D eigenvalue weighted by molar-refractivity contribution is 6.04. The van der Waals surface area contributed by atoms with E-state index in [1.165, 1.54) is 65.8 Å². The number of alkyl halides is 18. The smallest absolute Gasteiger partial charge is 0.416 e. The van der Waals surface area contributed by atoms with E-state index in [1.54, 1.807) is 44.2 Å². The van der Waals surface area contributed by atoms with Crippen molar-refractivity contribution in [3.63, 3.8) is 0 Å². The zero-order chi connectivity index (χ0) is 109. The lowest BCUT2D eigenvalue weighted by molar-refractivity contribution is -0.139. The number of fused-ring (bicyclic) bond motifs is 18. The molecule has 0 N–H and O–H groups in total. The molecule has 19 aliphatic heterocycles. The van der Waals surface area contributed by atoms with Gasteiger partial charge in [-0.3, -0.25) is 48.4 Å². The van der Waals surface area contributed by atoms with Crippen molar-refractivity contribution in [1.82, 2.24) is 53.9 Å². The lowest BCUT2D eigenvalue weighted by Crippen LogP contribution is -2.68. The summed E-state index contributed by atoms with van der Waals surface area (Å²) in [6.07, 6.45) is -19.3. The quantitative estimate of drug-likeness (QED) is 0.105. The second kappa shape index (κ2) is 40.2. The van der Waals surface area contributed by atoms with E-state index in [1.807, 2.05) is 86.1 Å². The van der Waals surface area contributed by atoms with Gasteiger partial charge in [-0.15, -0.1) is 0 Å². The fraction of sp³-hybridized carbons (Fsp3) is 0.602. The Hall–Kier alpha value is -10.9. The van der Waals surface area contributed by atoms with Crippen molar-refractivity contribution >= 4 is 70.0 Å². The number of carbonyl (C=O) groups is 7. The third-order valence-electron chi connectivity index (χ3n) is 34.0. The molecule has 9 unspecified atom stereocenters. The van der Waals surface area contributed by atoms with Gasteiger partial charge in [-0.1, -0.05) is 0 Å². The second-order valence-electron chi connectivity index (χ2n) is 45.1. The first kappa shape index (κ1) is 109. The van der Waals surface area contributed by atoms with E-state index in [4.69, 9.17) is 4.74 Å². The summed E-state index contributed by atoms with van der Waals surface area (Å²) in [5.74, 6) is -1.34. The Morgan fingerprint density at radius 2 is 0.600 bits per heavy atom. The Bertz CT molecular complexity index is 6130. The average molecular weight is 2120 g/mol. The predicted molar refractivity (Wildman–Crippen MR) is 527 cm³/mol. The van der Waals surface area contributed by atoms with Crippen molar-refractivity contribution in [2.45, 2.75) is 301 Å². The molecule has 150 heavy (non-hydrogen) atoms. The van der Waals surface area contributed by atoms with Crippen LogP contribution in [0.1, 0.15) is 275 Å². The molecule has 6 aromatic carbocycles. The zero-order valence-corrected chi connectivity index (χ0v) is 87.0. The molecule has 19 heterocycles. The van der Waals surface area contributed by atoms with Crippen molar-refractivity contribution < 1.29 is 117 Å². The molecular weight excluding hydrogens is 1990 g/mol. The Kier molecular flexibility index (Phi) is 29.2. The largest absolute Gasteiger partial charge is 0.447 e. The van der Waals surface area contributed by atoms with E-state index in [-0.39, 0.29) is 221 Å². The van der Waals surface area contributed by atoms with E-state index in [2.05, 4.69) is 55.4 Å². The summed E-state index contributed by atoms with van der Waals surface area (Å²) in [5.41, 5.74) is 0.493. The number of cyclic esters (lactones) is 1. The molecule has 9 atom stereocenters. The third kappa shape index (κ3) is 20.6. The Labute approximate surface area is 860 Å². The number of rotatable bonds is 12. The molecule has 7 amide bonds. The number of likely N-dealkylation sites (tertiary alicyclic amines) is 2. The van der Waals surface area contributed by atoms with Gasteiger partial charge >= 0.3 is 43.2 Å². The van der Waals surface area contributed by atoms with Crippen molar-refractivity contribution in [2.75, 3.05) is 138 Å². The first-order valence-electron chi connectivity index (χ1n) is 52.0. The van der Waals surface area contributed by atoms with Crippen molar-refractivity contribution in [3.8, 4) is 0 Å². The SMILES string of the molecule is CC(C)N1Cc2c(cc(C3CN4CCC3CC4)cc2C(F)(F)F)C1=O.CC(C)N1Cc2c(cc(N3C4CC3CN(C)C4)cc2C(F)(F)F)C1=O.CC(C)N1Cc2c(cc(N3CC4CC3CN4C)cc2C(F)(F)F)C1=O.CC(C)N1Cc2c(cc(N3CC4CCC(C3)N4C)cc2C(F)(F)F)C1=O.CC(C)N1Cc2c(cc(N3CC4CCC3CN4C)cc2C(F)(F)F)C1=O.CC(C)N1Cc2c(cc(N3CCOC3=O)cc2C(F)(F)F)C1=O. The number of benzene rings is 6. The van der Waals surface area contributed by atoms with Crippen LogP contribution in [0, 0.1) is 5.92 Å². The molecule has 816 valence electrons. The monoisotopic (exact) mass is 2120 g/mol. The maximum atomic E-state index is 13.7. The number of piperazine rings is 4. The number of piperidine rings is 6. The molecule has 0 radical (unpaired) electrons. The molecule has 0 spiro atoms. The summed E-state index contributed by atoms with van der Waals surface area (Å²) in [6.45, 7) is 31.4. The Balaban J connectivity index is 0.000000117. The average Bonchev–Trinajstić information content (AvgIpc) is 1.20. The fourth-order valence-corrected chi connectivity index (χ4v) is 25.7. The molecule has 42 heteroatoms. The van der Waals surface area contributed by atoms with Crippen LogP contribution in [0.2, 0.25) is 0 Å². The van der Waals surface area contributed by atoms with Gasteiger partial charge in [-0.05, 0) is 299 Å². The Morgan fingerprint density at radius 1 is 0.293 bits per heavy atom. The van der Waals surface area contributed by atoms with Crippen molar-refractivity contribution in [2.24, 2.45) is 5.92 Å². The van der Waals surface area contributed by atoms with Crippen LogP contribution in [0.5, 0.6) is 0 Å². The lowest BCUT2D eigenvalue weighted by atomic mass is 9.74. The summed E-state index contributed by atoms with van der Waals surface area (Å²) >= 11 is 0. The van der Waals surface area contributed by atoms with E-state index in [0.29, 0.717) is 71.5 Å². The normalized spacial score (nSPS) is 25.4. The minimum absolute atomic E-state index is 0.00299. The molecule has 19 aliphatic rings. The number of hydrogen-bond donors (Lipinski definition) is 0. The number of hydrogen-bond acceptors (Lipinski definition) is 17. The van der Waals surface area contributed by atoms with Gasteiger partial charge < -0.3 is 63.5 Å². The number of amides is 7. The molecule has 13 saturated heterocycles. The van der Waals surface area contributed by atoms with Crippen LogP contribution in [0.4, 0.5) is 112 Å². The van der Waals surface area contributed by atoms with Crippen LogP contribution in [0.15, 0.2) is 72.8 Å². The number of anilines is 5. The van der Waals surface area contributed by atoms with Crippen LogP contribution in [-0.2, 0) is 81.1 Å². The molecule has 0 aliphatic carbocycles. The zero-order valence-electron chi connectivity index (χ0n) is 87.0. The van der Waals surface area contributed by atoms with Crippen LogP contribution in [0.3, 0.4) is 0 Å². The number of likely N-dealkylation sites (N-methyl/N-ethyl adjacent to an activating group) is 4. The van der Waals surface area contributed by atoms with Crippen molar-refractivity contribution in [3.05, 3.63) is 179 Å². The minimum atomic E-state index is -4.60. The molecule has 6 aromatic rings. The van der Waals surface area contributed by atoms with Crippen LogP contribution < -0.4 is 24.5 Å². The summed E-state index contributed by atoms with van der Waals surface area (Å²) in [7, 11) is 8.25. The molecule has 25 rings (SSSR count). The van der Waals surface area contributed by atoms with Gasteiger partial charge in [0.15, 0.2) is 0 Å². The first-order valence-corrected chi connectivity index (χ1v) is 52.0. The number of carbonyl (C=O) groups excluding carboxylic acids is 7. The molecule has 0 aromatic heterocycles. The molecular formula is C108H130F18N16O8. The summed E-state index contributed by atoms with van der Waals surface area (Å²) in [5, 5.41) is 0. The van der Waals surface area contributed by atoms with Crippen LogP contribution in [-0.4, -0.2) is 293 Å². The standard InChI is InChI=1S/2C19H24F3N3O.C19H23F3N2O.2C18H22F3N3O.C15H15F3N2O3/c1-11(2)24-10-16-15(18(24)26)6-14(7-17(16)19(20,21)22)25-9-12-4-5-13(25)8-23(12)3;1-11(2)25-10-16-15(18(25)26)6-14(7-17(16)19(20,21)22)24-8-12-4-5-13(9-24)23(12)3;1-11(2)24-10-16-14(18(24)25)7-13(8-17(16)19(20,21)22)15-9-23-5-3-12(15)4-6-23;1-10(2)23-9-15-14(17(23)25)5-11(6-16(15)18(19,20)21)24-8-12-4-13(24)7-22(12)3;1-10(2)23-9-15-14(17(23)25)5-11(6-16(15)18(19,20)21)24-12-4-13(24)8-22(3)7-12;1-8(2)20-7-11-10(13(20)21)5-9(6-12(11)15(16,17)18)19-3-4-23-14(19)22/h2*6-7,11-13H,4-5,8-10H2,1-3H3;7-8,11-12,15H,3-6,9-10H2,1-2H3;2*5-6,10,12-13H,4,7-9H2,1-3H3;5-6,8H,3-4,7H2,1-2H3.